The second-order valence-electron chi connectivity index (χ2n) is 2.88. The van der Waals surface area contributed by atoms with E-state index in [1.54, 1.807) is 0 Å². The quantitative estimate of drug-likeness (QED) is 0.738. The molecule has 0 amide bonds. The molecule has 0 heterocycles. The van der Waals surface area contributed by atoms with Gasteiger partial charge in [0.15, 0.2) is 0 Å². The zero-order valence-electron chi connectivity index (χ0n) is 10.5. The van der Waals surface area contributed by atoms with Gasteiger partial charge in [0.1, 0.15) is 0 Å². The molecule has 0 aromatic heterocycles. The number of para-hydroxylation sites is 1. The van der Waals surface area contributed by atoms with Gasteiger partial charge >= 0.3 is 20.4 Å². The minimum absolute atomic E-state index is 0. The first kappa shape index (κ1) is 21.9. The summed E-state index contributed by atoms with van der Waals surface area (Å²) in [6.45, 7) is 5.02. The van der Waals surface area contributed by atoms with Crippen LogP contribution in [0.2, 0.25) is 0 Å². The molecule has 0 saturated heterocycles. The van der Waals surface area contributed by atoms with E-state index in [-0.39, 0.29) is 20.4 Å². The van der Waals surface area contributed by atoms with Gasteiger partial charge in [0.2, 0.25) is 0 Å². The molecule has 104 valence electrons. The molecule has 1 aromatic rings. The molecule has 1 rings (SSSR count). The van der Waals surface area contributed by atoms with E-state index in [9.17, 15) is 0 Å². The number of carbonyl (C=O) groups is 2. The Bertz CT molecular complexity index is 297. The van der Waals surface area contributed by atoms with Crippen LogP contribution >= 0.6 is 0 Å². The Labute approximate surface area is 121 Å². The van der Waals surface area contributed by atoms with Crippen LogP contribution in [0.15, 0.2) is 30.3 Å². The maximum absolute atomic E-state index is 8.89. The minimum Gasteiger partial charge on any atom is -0.550 e. The molecule has 1 N–H and O–H groups in total. The van der Waals surface area contributed by atoms with Crippen molar-refractivity contribution in [2.75, 3.05) is 11.9 Å². The second-order valence-corrected chi connectivity index (χ2v) is 2.88. The Morgan fingerprint density at radius 2 is 1.39 bits per heavy atom. The monoisotopic (exact) mass is 345 g/mol. The number of anilines is 1. The van der Waals surface area contributed by atoms with Crippen LogP contribution in [0.25, 0.3) is 0 Å². The van der Waals surface area contributed by atoms with Crippen LogP contribution in [-0.2, 0) is 30.0 Å². The Morgan fingerprint density at radius 1 is 1.06 bits per heavy atom. The van der Waals surface area contributed by atoms with Crippen molar-refractivity contribution in [3.8, 4) is 0 Å². The van der Waals surface area contributed by atoms with Crippen LogP contribution in [-0.4, -0.2) is 18.5 Å². The number of nitrogens with one attached hydrogen (secondary N) is 1. The summed E-state index contributed by atoms with van der Waals surface area (Å²) in [6.07, 6.45) is 0. The van der Waals surface area contributed by atoms with Gasteiger partial charge in [0.05, 0.1) is 0 Å². The predicted octanol–water partition coefficient (Wildman–Crippen LogP) is -0.372. The van der Waals surface area contributed by atoms with E-state index in [1.165, 1.54) is 5.69 Å². The maximum Gasteiger partial charge on any atom is 2.00 e. The van der Waals surface area contributed by atoms with E-state index in [4.69, 9.17) is 19.8 Å². The van der Waals surface area contributed by atoms with Gasteiger partial charge in [-0.2, -0.15) is 0 Å². The Hall–Kier alpha value is -1.38. The molecule has 0 saturated carbocycles. The molecule has 0 spiro atoms. The topological polar surface area (TPSA) is 92.3 Å². The average molecular weight is 346 g/mol. The third-order valence-corrected chi connectivity index (χ3v) is 1.15. The number of rotatable bonds is 2. The summed E-state index contributed by atoms with van der Waals surface area (Å²) in [5.74, 6) is -2.17. The second kappa shape index (κ2) is 15.6. The molecule has 18 heavy (non-hydrogen) atoms. The molecule has 5 nitrogen and oxygen atoms in total. The molecule has 0 aliphatic carbocycles. The van der Waals surface area contributed by atoms with Crippen molar-refractivity contribution in [1.29, 1.82) is 0 Å². The van der Waals surface area contributed by atoms with Crippen molar-refractivity contribution in [3.05, 3.63) is 30.3 Å². The summed E-state index contributed by atoms with van der Waals surface area (Å²) >= 11 is 0. The molecule has 0 aliphatic heterocycles. The van der Waals surface area contributed by atoms with Gasteiger partial charge in [-0.05, 0) is 32.9 Å². The van der Waals surface area contributed by atoms with Gasteiger partial charge in [-0.3, -0.25) is 0 Å². The van der Waals surface area contributed by atoms with E-state index >= 15 is 0 Å². The van der Waals surface area contributed by atoms with E-state index < -0.39 is 11.9 Å². The van der Waals surface area contributed by atoms with Crippen molar-refractivity contribution in [3.63, 3.8) is 0 Å². The Kier molecular flexibility index (Phi) is 19.0. The number of carbonyl (C=O) groups excluding carboxylic acids is 2. The number of carboxylic acid groups (broad SMARTS) is 2. The first-order chi connectivity index (χ1) is 7.90. The van der Waals surface area contributed by atoms with Gasteiger partial charge in [-0.1, -0.05) is 18.2 Å². The first-order valence-corrected chi connectivity index (χ1v) is 5.04. The zero-order chi connectivity index (χ0) is 13.7. The Balaban J connectivity index is -0.000000214. The van der Waals surface area contributed by atoms with E-state index in [0.29, 0.717) is 0 Å². The molecule has 0 unspecified atom stereocenters. The Morgan fingerprint density at radius 3 is 1.67 bits per heavy atom. The van der Waals surface area contributed by atoms with Gasteiger partial charge < -0.3 is 25.1 Å². The summed E-state index contributed by atoms with van der Waals surface area (Å²) in [4.78, 5) is 17.8. The van der Waals surface area contributed by atoms with E-state index in [0.717, 1.165) is 20.4 Å². The third kappa shape index (κ3) is 29.3. The maximum atomic E-state index is 8.89. The summed E-state index contributed by atoms with van der Waals surface area (Å²) < 4.78 is 0. The van der Waals surface area contributed by atoms with Crippen LogP contribution < -0.4 is 15.5 Å². The molecule has 0 radical (unpaired) electrons. The van der Waals surface area contributed by atoms with Gasteiger partial charge in [0, 0.05) is 24.2 Å². The van der Waals surface area contributed by atoms with Crippen molar-refractivity contribution < 1.29 is 40.2 Å². The summed E-state index contributed by atoms with van der Waals surface area (Å²) in [7, 11) is 0. The smallest absolute Gasteiger partial charge is 0.550 e. The molecule has 0 atom stereocenters. The number of aliphatic carboxylic acids is 2. The summed E-state index contributed by atoms with van der Waals surface area (Å²) in [6, 6.07) is 10.2. The molecule has 6 heteroatoms. The minimum atomic E-state index is -1.08. The zero-order valence-corrected chi connectivity index (χ0v) is 12.1. The van der Waals surface area contributed by atoms with Crippen LogP contribution in [0.1, 0.15) is 20.8 Å². The van der Waals surface area contributed by atoms with Crippen LogP contribution in [0.4, 0.5) is 5.69 Å². The van der Waals surface area contributed by atoms with E-state index in [1.807, 2.05) is 18.2 Å². The molecular formula is C12H17NO4Pd. The fourth-order valence-electron chi connectivity index (χ4n) is 0.760. The van der Waals surface area contributed by atoms with Crippen LogP contribution in [0.3, 0.4) is 0 Å². The van der Waals surface area contributed by atoms with Crippen molar-refractivity contribution in [2.45, 2.75) is 20.8 Å². The normalized spacial score (nSPS) is 7.28. The average Bonchev–Trinajstić information content (AvgIpc) is 2.18. The van der Waals surface area contributed by atoms with Crippen molar-refractivity contribution in [2.24, 2.45) is 0 Å². The summed E-state index contributed by atoms with van der Waals surface area (Å²) in [5, 5.41) is 21.0. The third-order valence-electron chi connectivity index (χ3n) is 1.15. The van der Waals surface area contributed by atoms with Crippen LogP contribution in [0.5, 0.6) is 0 Å². The van der Waals surface area contributed by atoms with Crippen LogP contribution in [0, 0.1) is 0 Å². The molecule has 0 aliphatic rings. The standard InChI is InChI=1S/C8H11N.2C2H4O2.Pd/c1-2-9-8-6-4-3-5-7-8;2*1-2(3)4;/h3-7,9H,2H2,1H3;2*1H3,(H,3,4);/q;;;+2/p-2. The van der Waals surface area contributed by atoms with Gasteiger partial charge in [-0.25, -0.2) is 0 Å². The largest absolute Gasteiger partial charge is 2.00 e. The number of hydrogen-bond acceptors (Lipinski definition) is 5. The number of hydrogen-bond donors (Lipinski definition) is 1. The first-order valence-electron chi connectivity index (χ1n) is 5.04. The molecule has 1 aromatic carbocycles. The molecule has 0 fully saturated rings. The molecular weight excluding hydrogens is 329 g/mol. The summed E-state index contributed by atoms with van der Waals surface area (Å²) in [5.41, 5.74) is 1.19. The molecule has 0 bridgehead atoms. The van der Waals surface area contributed by atoms with Crippen molar-refractivity contribution in [1.82, 2.24) is 0 Å². The predicted molar refractivity (Wildman–Crippen MR) is 62.0 cm³/mol. The number of benzene rings is 1. The van der Waals surface area contributed by atoms with Gasteiger partial charge in [0.25, 0.3) is 0 Å². The number of carboxylic acids is 2. The fourth-order valence-corrected chi connectivity index (χ4v) is 0.760. The SMILES string of the molecule is CC(=O)[O-].CC(=O)[O-].CCNc1ccccc1.[Pd+2]. The fraction of sp³-hybridized carbons (Fsp3) is 0.333. The van der Waals surface area contributed by atoms with Crippen molar-refractivity contribution >= 4 is 17.6 Å². The van der Waals surface area contributed by atoms with E-state index in [2.05, 4.69) is 24.4 Å². The van der Waals surface area contributed by atoms with Gasteiger partial charge in [-0.15, -0.1) is 0 Å².